The molecule has 0 saturated carbocycles. The van der Waals surface area contributed by atoms with E-state index in [1.54, 1.807) is 23.1 Å². The highest BCUT2D eigenvalue weighted by molar-refractivity contribution is 7.87. The highest BCUT2D eigenvalue weighted by Gasteiger charge is 2.21. The van der Waals surface area contributed by atoms with E-state index in [0.29, 0.717) is 5.56 Å². The van der Waals surface area contributed by atoms with Crippen molar-refractivity contribution in [2.75, 3.05) is 5.75 Å². The molecule has 0 heterocycles. The molecule has 28 heavy (non-hydrogen) atoms. The van der Waals surface area contributed by atoms with Gasteiger partial charge in [-0.05, 0) is 44.5 Å². The zero-order chi connectivity index (χ0) is 20.9. The normalized spacial score (nSPS) is 11.3. The lowest BCUT2D eigenvalue weighted by Gasteiger charge is -2.27. The molecule has 0 unspecified atom stereocenters. The van der Waals surface area contributed by atoms with Crippen molar-refractivity contribution in [2.24, 2.45) is 0 Å². The van der Waals surface area contributed by atoms with Crippen molar-refractivity contribution in [1.82, 2.24) is 4.90 Å². The first-order chi connectivity index (χ1) is 13.1. The van der Waals surface area contributed by atoms with Gasteiger partial charge < -0.3 is 9.08 Å². The van der Waals surface area contributed by atoms with Crippen molar-refractivity contribution in [3.8, 4) is 5.75 Å². The van der Waals surface area contributed by atoms with Crippen molar-refractivity contribution in [2.45, 2.75) is 33.4 Å². The van der Waals surface area contributed by atoms with Crippen LogP contribution in [0.2, 0.25) is 0 Å². The molecule has 8 nitrogen and oxygen atoms in total. The minimum atomic E-state index is -3.65. The minimum Gasteiger partial charge on any atom is -0.382 e. The molecule has 0 aromatic heterocycles. The fraction of sp³-hybridized carbons (Fsp3) is 0.316. The van der Waals surface area contributed by atoms with Crippen LogP contribution in [-0.4, -0.2) is 35.9 Å². The van der Waals surface area contributed by atoms with Gasteiger partial charge in [0.2, 0.25) is 0 Å². The van der Waals surface area contributed by atoms with Gasteiger partial charge in [0.15, 0.2) is 0 Å². The van der Waals surface area contributed by atoms with Crippen LogP contribution in [0.25, 0.3) is 0 Å². The molecule has 2 rings (SSSR count). The second-order valence-electron chi connectivity index (χ2n) is 6.41. The van der Waals surface area contributed by atoms with E-state index in [0.717, 1.165) is 0 Å². The Morgan fingerprint density at radius 1 is 1.18 bits per heavy atom. The third-order valence-electron chi connectivity index (χ3n) is 4.02. The van der Waals surface area contributed by atoms with Gasteiger partial charge in [-0.15, -0.1) is 0 Å². The van der Waals surface area contributed by atoms with E-state index in [2.05, 4.69) is 0 Å². The first-order valence-corrected chi connectivity index (χ1v) is 10.3. The zero-order valence-electron chi connectivity index (χ0n) is 15.9. The van der Waals surface area contributed by atoms with Crippen molar-refractivity contribution >= 4 is 21.7 Å². The number of amides is 1. The van der Waals surface area contributed by atoms with Crippen LogP contribution >= 0.6 is 0 Å². The Kier molecular flexibility index (Phi) is 6.74. The number of carbonyl (C=O) groups is 1. The first kappa shape index (κ1) is 21.4. The van der Waals surface area contributed by atoms with Gasteiger partial charge in [0.05, 0.1) is 10.7 Å². The second kappa shape index (κ2) is 8.83. The standard InChI is InChI=1S/C19H22N2O6S/c1-4-28(25,26)27-18-10-5-7-15(11-18)13-20(14(2)3)19(22)16-8-6-9-17(12-16)21(23)24/h5-12,14H,4,13H2,1-3H3. The van der Waals surface area contributed by atoms with Gasteiger partial charge in [0.25, 0.3) is 11.6 Å². The summed E-state index contributed by atoms with van der Waals surface area (Å²) < 4.78 is 28.3. The Bertz CT molecular complexity index is 972. The van der Waals surface area contributed by atoms with E-state index in [-0.39, 0.29) is 41.2 Å². The summed E-state index contributed by atoms with van der Waals surface area (Å²) in [6.45, 7) is 5.34. The van der Waals surface area contributed by atoms with Crippen molar-refractivity contribution in [3.05, 3.63) is 69.8 Å². The lowest BCUT2D eigenvalue weighted by Crippen LogP contribution is -2.36. The predicted molar refractivity (Wildman–Crippen MR) is 105 cm³/mol. The Balaban J connectivity index is 2.27. The van der Waals surface area contributed by atoms with Gasteiger partial charge in [-0.25, -0.2) is 0 Å². The van der Waals surface area contributed by atoms with Gasteiger partial charge in [-0.3, -0.25) is 14.9 Å². The fourth-order valence-electron chi connectivity index (χ4n) is 2.51. The van der Waals surface area contributed by atoms with Crippen LogP contribution < -0.4 is 4.18 Å². The second-order valence-corrected chi connectivity index (χ2v) is 8.27. The Hall–Kier alpha value is -2.94. The maximum atomic E-state index is 12.9. The summed E-state index contributed by atoms with van der Waals surface area (Å²) in [6.07, 6.45) is 0. The monoisotopic (exact) mass is 406 g/mol. The van der Waals surface area contributed by atoms with Crippen molar-refractivity contribution in [1.29, 1.82) is 0 Å². The van der Waals surface area contributed by atoms with Crippen LogP contribution in [0.4, 0.5) is 5.69 Å². The van der Waals surface area contributed by atoms with E-state index < -0.39 is 15.0 Å². The lowest BCUT2D eigenvalue weighted by atomic mass is 10.1. The molecule has 0 spiro atoms. The fourth-order valence-corrected chi connectivity index (χ4v) is 3.02. The molecule has 0 aliphatic carbocycles. The molecule has 2 aromatic carbocycles. The summed E-state index contributed by atoms with van der Waals surface area (Å²) in [6, 6.07) is 11.9. The number of nitrogens with zero attached hydrogens (tertiary/aromatic N) is 2. The summed E-state index contributed by atoms with van der Waals surface area (Å²) >= 11 is 0. The summed E-state index contributed by atoms with van der Waals surface area (Å²) in [4.78, 5) is 24.9. The average Bonchev–Trinajstić information content (AvgIpc) is 2.65. The van der Waals surface area contributed by atoms with Gasteiger partial charge >= 0.3 is 10.1 Å². The molecular weight excluding hydrogens is 384 g/mol. The van der Waals surface area contributed by atoms with Crippen LogP contribution in [0.3, 0.4) is 0 Å². The number of rotatable bonds is 8. The SMILES string of the molecule is CCS(=O)(=O)Oc1cccc(CN(C(=O)c2cccc([N+](=O)[O-])c2)C(C)C)c1. The third-order valence-corrected chi connectivity index (χ3v) is 5.17. The van der Waals surface area contributed by atoms with E-state index in [1.807, 2.05) is 13.8 Å². The molecule has 0 fully saturated rings. The largest absolute Gasteiger partial charge is 0.382 e. The van der Waals surface area contributed by atoms with Crippen LogP contribution in [0.1, 0.15) is 36.7 Å². The van der Waals surface area contributed by atoms with Crippen LogP contribution in [0, 0.1) is 10.1 Å². The topological polar surface area (TPSA) is 107 Å². The van der Waals surface area contributed by atoms with E-state index in [9.17, 15) is 23.3 Å². The number of hydrogen-bond acceptors (Lipinski definition) is 6. The first-order valence-electron chi connectivity index (χ1n) is 8.69. The molecule has 150 valence electrons. The maximum absolute atomic E-state index is 12.9. The summed E-state index contributed by atoms with van der Waals surface area (Å²) in [5, 5.41) is 11.0. The molecule has 0 saturated heterocycles. The number of nitro benzene ring substituents is 1. The number of carbonyl (C=O) groups excluding carboxylic acids is 1. The highest BCUT2D eigenvalue weighted by atomic mass is 32.2. The van der Waals surface area contributed by atoms with Crippen molar-refractivity contribution in [3.63, 3.8) is 0 Å². The molecule has 0 aliphatic heterocycles. The number of nitro groups is 1. The molecule has 0 aliphatic rings. The van der Waals surface area contributed by atoms with E-state index in [1.165, 1.54) is 37.3 Å². The van der Waals surface area contributed by atoms with Crippen LogP contribution in [0.15, 0.2) is 48.5 Å². The van der Waals surface area contributed by atoms with Gasteiger partial charge in [0.1, 0.15) is 5.75 Å². The van der Waals surface area contributed by atoms with E-state index >= 15 is 0 Å². The third kappa shape index (κ3) is 5.53. The van der Waals surface area contributed by atoms with Crippen molar-refractivity contribution < 1.29 is 22.3 Å². The Morgan fingerprint density at radius 3 is 2.46 bits per heavy atom. The maximum Gasteiger partial charge on any atom is 0.308 e. The Labute approximate surface area is 164 Å². The van der Waals surface area contributed by atoms with Crippen LogP contribution in [0.5, 0.6) is 5.75 Å². The molecule has 0 bridgehead atoms. The summed E-state index contributed by atoms with van der Waals surface area (Å²) in [5.74, 6) is -0.335. The summed E-state index contributed by atoms with van der Waals surface area (Å²) in [7, 11) is -3.65. The predicted octanol–water partition coefficient (Wildman–Crippen LogP) is 3.37. The zero-order valence-corrected chi connectivity index (χ0v) is 16.7. The molecular formula is C19H22N2O6S. The van der Waals surface area contributed by atoms with Gasteiger partial charge in [-0.1, -0.05) is 18.2 Å². The molecule has 9 heteroatoms. The van der Waals surface area contributed by atoms with Gasteiger partial charge in [0, 0.05) is 30.3 Å². The smallest absolute Gasteiger partial charge is 0.308 e. The van der Waals surface area contributed by atoms with Crippen LogP contribution in [-0.2, 0) is 16.7 Å². The molecule has 2 aromatic rings. The molecule has 0 radical (unpaired) electrons. The summed E-state index contributed by atoms with van der Waals surface area (Å²) in [5.41, 5.74) is 0.731. The van der Waals surface area contributed by atoms with Gasteiger partial charge in [-0.2, -0.15) is 8.42 Å². The average molecular weight is 406 g/mol. The lowest BCUT2D eigenvalue weighted by molar-refractivity contribution is -0.384. The Morgan fingerprint density at radius 2 is 1.86 bits per heavy atom. The quantitative estimate of drug-likeness (QED) is 0.378. The number of benzene rings is 2. The number of non-ortho nitro benzene ring substituents is 1. The van der Waals surface area contributed by atoms with E-state index in [4.69, 9.17) is 4.18 Å². The minimum absolute atomic E-state index is 0.152. The molecule has 1 amide bonds. The molecule has 0 atom stereocenters. The number of hydrogen-bond donors (Lipinski definition) is 0. The molecule has 0 N–H and O–H groups in total. The highest BCUT2D eigenvalue weighted by Crippen LogP contribution is 2.21.